The average Bonchev–Trinajstić information content (AvgIpc) is 2.36. The summed E-state index contributed by atoms with van der Waals surface area (Å²) in [5.74, 6) is 1.41. The molecule has 0 amide bonds. The highest BCUT2D eigenvalue weighted by molar-refractivity contribution is 7.98. The van der Waals surface area contributed by atoms with Gasteiger partial charge in [0.05, 0.1) is 0 Å². The number of hydrogen-bond acceptors (Lipinski definition) is 4. The second-order valence-electron chi connectivity index (χ2n) is 5.23. The molecule has 0 aliphatic carbocycles. The largest absolute Gasteiger partial charge is 0.319 e. The molecule has 0 aromatic heterocycles. The van der Waals surface area contributed by atoms with E-state index in [-0.39, 0.29) is 6.04 Å². The van der Waals surface area contributed by atoms with E-state index in [1.165, 1.54) is 0 Å². The quantitative estimate of drug-likeness (QED) is 0.699. The summed E-state index contributed by atoms with van der Waals surface area (Å²) in [4.78, 5) is 0. The van der Waals surface area contributed by atoms with E-state index in [4.69, 9.17) is 0 Å². The van der Waals surface area contributed by atoms with Crippen LogP contribution in [0.25, 0.3) is 0 Å². The van der Waals surface area contributed by atoms with Crippen molar-refractivity contribution in [3.63, 3.8) is 0 Å². The number of nitrogens with one attached hydrogen (secondary N) is 2. The lowest BCUT2D eigenvalue weighted by molar-refractivity contribution is 0.259. The van der Waals surface area contributed by atoms with E-state index < -0.39 is 10.2 Å². The summed E-state index contributed by atoms with van der Waals surface area (Å²) in [6.45, 7) is 4.09. The smallest absolute Gasteiger partial charge is 0.279 e. The van der Waals surface area contributed by atoms with E-state index in [0.717, 1.165) is 31.6 Å². The molecular formula is C12H27N3O2S2. The van der Waals surface area contributed by atoms with Crippen LogP contribution < -0.4 is 10.0 Å². The number of hydrogen-bond donors (Lipinski definition) is 2. The van der Waals surface area contributed by atoms with Gasteiger partial charge in [-0.2, -0.15) is 29.2 Å². The average molecular weight is 310 g/mol. The van der Waals surface area contributed by atoms with Crippen LogP contribution in [0.4, 0.5) is 0 Å². The Morgan fingerprint density at radius 3 is 2.84 bits per heavy atom. The van der Waals surface area contributed by atoms with E-state index in [9.17, 15) is 8.42 Å². The van der Waals surface area contributed by atoms with Gasteiger partial charge in [0, 0.05) is 19.1 Å². The molecule has 7 heteroatoms. The summed E-state index contributed by atoms with van der Waals surface area (Å²) < 4.78 is 29.0. The monoisotopic (exact) mass is 309 g/mol. The first-order valence-electron chi connectivity index (χ1n) is 6.90. The van der Waals surface area contributed by atoms with Gasteiger partial charge in [0.25, 0.3) is 10.2 Å². The maximum Gasteiger partial charge on any atom is 0.279 e. The Kier molecular flexibility index (Phi) is 7.68. The van der Waals surface area contributed by atoms with E-state index in [0.29, 0.717) is 19.0 Å². The fourth-order valence-electron chi connectivity index (χ4n) is 2.38. The molecule has 0 spiro atoms. The van der Waals surface area contributed by atoms with Crippen molar-refractivity contribution in [1.29, 1.82) is 0 Å². The standard InChI is InChI=1S/C12H27N3O2S2/c1-11(6-8-18-3)14-19(16,17)15-7-4-5-12(10-15)9-13-2/h11-14H,4-10H2,1-3H3. The van der Waals surface area contributed by atoms with Crippen molar-refractivity contribution in [3.8, 4) is 0 Å². The summed E-state index contributed by atoms with van der Waals surface area (Å²) >= 11 is 1.74. The van der Waals surface area contributed by atoms with Gasteiger partial charge in [-0.3, -0.25) is 0 Å². The molecule has 1 heterocycles. The molecule has 1 aliphatic heterocycles. The lowest BCUT2D eigenvalue weighted by Gasteiger charge is -2.32. The van der Waals surface area contributed by atoms with Crippen molar-refractivity contribution >= 4 is 22.0 Å². The normalized spacial score (nSPS) is 23.4. The number of piperidine rings is 1. The summed E-state index contributed by atoms with van der Waals surface area (Å²) in [5.41, 5.74) is 0. The van der Waals surface area contributed by atoms with Gasteiger partial charge in [-0.25, -0.2) is 0 Å². The molecule has 0 bridgehead atoms. The Hall–Kier alpha value is 0.180. The maximum atomic E-state index is 12.3. The minimum Gasteiger partial charge on any atom is -0.319 e. The minimum absolute atomic E-state index is 0.00197. The second-order valence-corrected chi connectivity index (χ2v) is 7.92. The Morgan fingerprint density at radius 2 is 2.21 bits per heavy atom. The van der Waals surface area contributed by atoms with Crippen LogP contribution in [-0.2, 0) is 10.2 Å². The Bertz CT molecular complexity index is 347. The Labute approximate surface area is 122 Å². The molecule has 0 aromatic rings. The third kappa shape index (κ3) is 5.99. The lowest BCUT2D eigenvalue weighted by atomic mass is 10.00. The summed E-state index contributed by atoms with van der Waals surface area (Å²) in [5, 5.41) is 3.13. The van der Waals surface area contributed by atoms with Gasteiger partial charge in [0.1, 0.15) is 0 Å². The van der Waals surface area contributed by atoms with Gasteiger partial charge in [-0.1, -0.05) is 0 Å². The predicted octanol–water partition coefficient (Wildman–Crippen LogP) is 0.894. The molecule has 5 nitrogen and oxygen atoms in total. The molecule has 0 aromatic carbocycles. The van der Waals surface area contributed by atoms with Crippen LogP contribution in [0.5, 0.6) is 0 Å². The molecule has 1 saturated heterocycles. The molecule has 1 fully saturated rings. The molecule has 19 heavy (non-hydrogen) atoms. The molecule has 1 aliphatic rings. The van der Waals surface area contributed by atoms with Crippen molar-refractivity contribution in [2.75, 3.05) is 38.7 Å². The van der Waals surface area contributed by atoms with Crippen LogP contribution in [0.15, 0.2) is 0 Å². The number of nitrogens with zero attached hydrogens (tertiary/aromatic N) is 1. The van der Waals surface area contributed by atoms with Gasteiger partial charge >= 0.3 is 0 Å². The molecule has 1 rings (SSSR count). The Morgan fingerprint density at radius 1 is 1.47 bits per heavy atom. The first kappa shape index (κ1) is 17.2. The summed E-state index contributed by atoms with van der Waals surface area (Å²) in [6, 6.07) is 0.00197. The fourth-order valence-corrected chi connectivity index (χ4v) is 4.52. The second kappa shape index (κ2) is 8.46. The van der Waals surface area contributed by atoms with E-state index in [1.807, 2.05) is 20.2 Å². The molecule has 0 radical (unpaired) electrons. The van der Waals surface area contributed by atoms with Crippen LogP contribution in [0.1, 0.15) is 26.2 Å². The van der Waals surface area contributed by atoms with Crippen LogP contribution >= 0.6 is 11.8 Å². The third-order valence-corrected chi connectivity index (χ3v) is 5.78. The van der Waals surface area contributed by atoms with Crippen LogP contribution in [0.2, 0.25) is 0 Å². The molecule has 2 atom stereocenters. The van der Waals surface area contributed by atoms with Gasteiger partial charge in [0.15, 0.2) is 0 Å². The van der Waals surface area contributed by atoms with E-state index >= 15 is 0 Å². The van der Waals surface area contributed by atoms with Gasteiger partial charge in [-0.05, 0) is 57.7 Å². The zero-order valence-electron chi connectivity index (χ0n) is 12.2. The summed E-state index contributed by atoms with van der Waals surface area (Å²) in [6.07, 6.45) is 4.96. The molecule has 0 saturated carbocycles. The van der Waals surface area contributed by atoms with Crippen LogP contribution in [0.3, 0.4) is 0 Å². The van der Waals surface area contributed by atoms with E-state index in [2.05, 4.69) is 10.0 Å². The van der Waals surface area contributed by atoms with E-state index in [1.54, 1.807) is 16.1 Å². The zero-order valence-corrected chi connectivity index (χ0v) is 13.8. The predicted molar refractivity (Wildman–Crippen MR) is 82.7 cm³/mol. The maximum absolute atomic E-state index is 12.3. The molecular weight excluding hydrogens is 282 g/mol. The van der Waals surface area contributed by atoms with Crippen molar-refractivity contribution < 1.29 is 8.42 Å². The first-order chi connectivity index (χ1) is 8.99. The minimum atomic E-state index is -3.32. The third-order valence-electron chi connectivity index (χ3n) is 3.42. The number of rotatable bonds is 8. The zero-order chi connectivity index (χ0) is 14.3. The fraction of sp³-hybridized carbons (Fsp3) is 1.00. The van der Waals surface area contributed by atoms with Gasteiger partial charge < -0.3 is 5.32 Å². The van der Waals surface area contributed by atoms with Crippen molar-refractivity contribution in [2.24, 2.45) is 5.92 Å². The SMILES string of the molecule is CNCC1CCCN(S(=O)(=O)NC(C)CCSC)C1. The molecule has 2 N–H and O–H groups in total. The van der Waals surface area contributed by atoms with Gasteiger partial charge in [0.2, 0.25) is 0 Å². The Balaban J connectivity index is 2.51. The van der Waals surface area contributed by atoms with Crippen molar-refractivity contribution in [3.05, 3.63) is 0 Å². The molecule has 2 unspecified atom stereocenters. The lowest BCUT2D eigenvalue weighted by Crippen LogP contribution is -2.49. The van der Waals surface area contributed by atoms with Crippen LogP contribution in [-0.4, -0.2) is 57.5 Å². The summed E-state index contributed by atoms with van der Waals surface area (Å²) in [7, 11) is -1.41. The number of thioether (sulfide) groups is 1. The molecule has 114 valence electrons. The van der Waals surface area contributed by atoms with Crippen molar-refractivity contribution in [1.82, 2.24) is 14.3 Å². The highest BCUT2D eigenvalue weighted by atomic mass is 32.2. The highest BCUT2D eigenvalue weighted by Gasteiger charge is 2.29. The highest BCUT2D eigenvalue weighted by Crippen LogP contribution is 2.18. The van der Waals surface area contributed by atoms with Crippen molar-refractivity contribution in [2.45, 2.75) is 32.2 Å². The topological polar surface area (TPSA) is 61.4 Å². The first-order valence-corrected chi connectivity index (χ1v) is 9.74. The van der Waals surface area contributed by atoms with Crippen LogP contribution in [0, 0.1) is 5.92 Å². The van der Waals surface area contributed by atoms with Gasteiger partial charge in [-0.15, -0.1) is 0 Å².